The molecule has 0 aliphatic carbocycles. The summed E-state index contributed by atoms with van der Waals surface area (Å²) in [6.45, 7) is 2.08. The molecule has 3 heteroatoms. The number of hydrogen-bond donors (Lipinski definition) is 1. The van der Waals surface area contributed by atoms with Crippen LogP contribution in [-0.4, -0.2) is 17.0 Å². The second-order valence-electron chi connectivity index (χ2n) is 1.85. The Labute approximate surface area is 53.0 Å². The smallest absolute Gasteiger partial charge is 0.279 e. The van der Waals surface area contributed by atoms with Gasteiger partial charge in [0.15, 0.2) is 0 Å². The fourth-order valence-electron chi connectivity index (χ4n) is 0.646. The van der Waals surface area contributed by atoms with E-state index < -0.39 is 0 Å². The van der Waals surface area contributed by atoms with Gasteiger partial charge >= 0.3 is 0 Å². The monoisotopic (exact) mass is 131 g/mol. The van der Waals surface area contributed by atoms with Gasteiger partial charge in [0.05, 0.1) is 0 Å². The van der Waals surface area contributed by atoms with Crippen molar-refractivity contribution in [3.8, 4) is 0 Å². The van der Waals surface area contributed by atoms with E-state index in [2.05, 4.69) is 12.2 Å². The molecule has 0 saturated carbocycles. The van der Waals surface area contributed by atoms with E-state index in [0.717, 1.165) is 12.2 Å². The molecule has 0 radical (unpaired) electrons. The SMILES string of the molecule is CCC1CSC(=O)N1. The molecule has 1 N–H and O–H groups in total. The minimum absolute atomic E-state index is 0.136. The normalized spacial score (nSPS) is 28.1. The van der Waals surface area contributed by atoms with Gasteiger partial charge in [0, 0.05) is 11.8 Å². The summed E-state index contributed by atoms with van der Waals surface area (Å²) >= 11 is 1.38. The van der Waals surface area contributed by atoms with Crippen molar-refractivity contribution in [3.05, 3.63) is 0 Å². The first-order valence-corrected chi connectivity index (χ1v) is 3.74. The molecule has 1 fully saturated rings. The molecule has 0 spiro atoms. The number of rotatable bonds is 1. The molecule has 1 heterocycles. The van der Waals surface area contributed by atoms with Crippen LogP contribution in [0.2, 0.25) is 0 Å². The summed E-state index contributed by atoms with van der Waals surface area (Å²) in [5, 5.41) is 2.96. The molecule has 2 nitrogen and oxygen atoms in total. The van der Waals surface area contributed by atoms with Crippen molar-refractivity contribution in [3.63, 3.8) is 0 Å². The largest absolute Gasteiger partial charge is 0.343 e. The summed E-state index contributed by atoms with van der Waals surface area (Å²) in [5.41, 5.74) is 0. The van der Waals surface area contributed by atoms with Gasteiger partial charge in [-0.15, -0.1) is 0 Å². The Hall–Kier alpha value is -0.180. The lowest BCUT2D eigenvalue weighted by molar-refractivity contribution is 0.260. The van der Waals surface area contributed by atoms with E-state index in [0.29, 0.717) is 6.04 Å². The summed E-state index contributed by atoms with van der Waals surface area (Å²) in [6, 6.07) is 0.437. The van der Waals surface area contributed by atoms with Crippen molar-refractivity contribution in [1.82, 2.24) is 5.32 Å². The summed E-state index contributed by atoms with van der Waals surface area (Å²) in [7, 11) is 0. The molecule has 1 aliphatic rings. The van der Waals surface area contributed by atoms with Crippen LogP contribution in [-0.2, 0) is 0 Å². The van der Waals surface area contributed by atoms with Gasteiger partial charge < -0.3 is 5.32 Å². The molecule has 46 valence electrons. The molecule has 1 aliphatic heterocycles. The van der Waals surface area contributed by atoms with Gasteiger partial charge in [0.2, 0.25) is 0 Å². The predicted molar refractivity (Wildman–Crippen MR) is 35.1 cm³/mol. The van der Waals surface area contributed by atoms with E-state index in [4.69, 9.17) is 0 Å². The van der Waals surface area contributed by atoms with Gasteiger partial charge in [-0.2, -0.15) is 0 Å². The van der Waals surface area contributed by atoms with Gasteiger partial charge in [0.1, 0.15) is 0 Å². The summed E-state index contributed by atoms with van der Waals surface area (Å²) in [6.07, 6.45) is 1.05. The fraction of sp³-hybridized carbons (Fsp3) is 0.800. The van der Waals surface area contributed by atoms with E-state index in [-0.39, 0.29) is 5.24 Å². The Morgan fingerprint density at radius 2 is 2.75 bits per heavy atom. The van der Waals surface area contributed by atoms with Crippen LogP contribution in [0, 0.1) is 0 Å². The van der Waals surface area contributed by atoms with Crippen LogP contribution in [0.25, 0.3) is 0 Å². The maximum atomic E-state index is 10.5. The summed E-state index contributed by atoms with van der Waals surface area (Å²) in [5.74, 6) is 0.954. The fourth-order valence-corrected chi connectivity index (χ4v) is 1.57. The first kappa shape index (κ1) is 5.95. The summed E-state index contributed by atoms with van der Waals surface area (Å²) < 4.78 is 0. The van der Waals surface area contributed by atoms with Gasteiger partial charge in [-0.05, 0) is 6.42 Å². The highest BCUT2D eigenvalue weighted by Gasteiger charge is 2.18. The molecule has 1 saturated heterocycles. The first-order chi connectivity index (χ1) is 3.83. The molecular weight excluding hydrogens is 122 g/mol. The quantitative estimate of drug-likeness (QED) is 0.579. The maximum absolute atomic E-state index is 10.5. The Morgan fingerprint density at radius 3 is 3.00 bits per heavy atom. The van der Waals surface area contributed by atoms with E-state index in [1.165, 1.54) is 11.8 Å². The van der Waals surface area contributed by atoms with Crippen molar-refractivity contribution < 1.29 is 4.79 Å². The van der Waals surface area contributed by atoms with Crippen LogP contribution < -0.4 is 5.32 Å². The van der Waals surface area contributed by atoms with Gasteiger partial charge in [0.25, 0.3) is 5.24 Å². The molecular formula is C5H9NOS. The Balaban J connectivity index is 2.32. The predicted octanol–water partition coefficient (Wildman–Crippen LogP) is 1.22. The standard InChI is InChI=1S/C5H9NOS/c1-2-4-3-8-5(7)6-4/h4H,2-3H2,1H3,(H,6,7). The topological polar surface area (TPSA) is 29.1 Å². The molecule has 1 atom stereocenters. The third-order valence-corrected chi connectivity index (χ3v) is 2.18. The average Bonchev–Trinajstić information content (AvgIpc) is 2.14. The zero-order chi connectivity index (χ0) is 5.98. The minimum atomic E-state index is 0.136. The number of nitrogens with one attached hydrogen (secondary N) is 1. The molecule has 1 amide bonds. The number of amides is 1. The van der Waals surface area contributed by atoms with E-state index >= 15 is 0 Å². The summed E-state index contributed by atoms with van der Waals surface area (Å²) in [4.78, 5) is 10.5. The highest BCUT2D eigenvalue weighted by atomic mass is 32.2. The zero-order valence-corrected chi connectivity index (χ0v) is 5.62. The first-order valence-electron chi connectivity index (χ1n) is 2.76. The van der Waals surface area contributed by atoms with Crippen molar-refractivity contribution in [2.24, 2.45) is 0 Å². The van der Waals surface area contributed by atoms with Crippen LogP contribution in [0.15, 0.2) is 0 Å². The number of hydrogen-bond acceptors (Lipinski definition) is 2. The molecule has 1 unspecified atom stereocenters. The lowest BCUT2D eigenvalue weighted by atomic mass is 10.3. The van der Waals surface area contributed by atoms with Crippen molar-refractivity contribution in [2.45, 2.75) is 19.4 Å². The van der Waals surface area contributed by atoms with Crippen LogP contribution >= 0.6 is 11.8 Å². The molecule has 1 rings (SSSR count). The van der Waals surface area contributed by atoms with Gasteiger partial charge in [-0.3, -0.25) is 4.79 Å². The van der Waals surface area contributed by atoms with E-state index in [9.17, 15) is 4.79 Å². The Morgan fingerprint density at radius 1 is 2.00 bits per heavy atom. The molecule has 0 aromatic carbocycles. The second-order valence-corrected chi connectivity index (χ2v) is 2.84. The molecule has 8 heavy (non-hydrogen) atoms. The maximum Gasteiger partial charge on any atom is 0.279 e. The Bertz CT molecular complexity index is 105. The third-order valence-electron chi connectivity index (χ3n) is 1.23. The molecule has 0 bridgehead atoms. The lowest BCUT2D eigenvalue weighted by Gasteiger charge is -2.01. The van der Waals surface area contributed by atoms with E-state index in [1.54, 1.807) is 0 Å². The minimum Gasteiger partial charge on any atom is -0.343 e. The second kappa shape index (κ2) is 2.40. The van der Waals surface area contributed by atoms with E-state index in [1.807, 2.05) is 0 Å². The molecule has 0 aromatic heterocycles. The molecule has 0 aromatic rings. The van der Waals surface area contributed by atoms with Crippen molar-refractivity contribution >= 4 is 17.0 Å². The van der Waals surface area contributed by atoms with Crippen molar-refractivity contribution in [1.29, 1.82) is 0 Å². The van der Waals surface area contributed by atoms with Crippen molar-refractivity contribution in [2.75, 3.05) is 5.75 Å². The van der Waals surface area contributed by atoms with Crippen LogP contribution in [0.5, 0.6) is 0 Å². The number of carbonyl (C=O) groups is 1. The zero-order valence-electron chi connectivity index (χ0n) is 4.81. The highest BCUT2D eigenvalue weighted by molar-refractivity contribution is 8.13. The number of carbonyl (C=O) groups excluding carboxylic acids is 1. The third kappa shape index (κ3) is 1.15. The number of thioether (sulfide) groups is 1. The highest BCUT2D eigenvalue weighted by Crippen LogP contribution is 2.14. The van der Waals surface area contributed by atoms with Gasteiger partial charge in [-0.1, -0.05) is 18.7 Å². The van der Waals surface area contributed by atoms with Gasteiger partial charge in [-0.25, -0.2) is 0 Å². The van der Waals surface area contributed by atoms with Crippen LogP contribution in [0.1, 0.15) is 13.3 Å². The average molecular weight is 131 g/mol. The Kier molecular flexibility index (Phi) is 1.78. The lowest BCUT2D eigenvalue weighted by Crippen LogP contribution is -2.24. The van der Waals surface area contributed by atoms with Crippen LogP contribution in [0.4, 0.5) is 4.79 Å². The van der Waals surface area contributed by atoms with Crippen LogP contribution in [0.3, 0.4) is 0 Å².